The minimum atomic E-state index is -0.873. The summed E-state index contributed by atoms with van der Waals surface area (Å²) < 4.78 is 5.41. The van der Waals surface area contributed by atoms with Crippen molar-refractivity contribution >= 4 is 29.4 Å². The van der Waals surface area contributed by atoms with Crippen molar-refractivity contribution in [2.24, 2.45) is 5.92 Å². The van der Waals surface area contributed by atoms with E-state index in [1.165, 1.54) is 9.80 Å². The van der Waals surface area contributed by atoms with E-state index in [9.17, 15) is 19.2 Å². The molecule has 3 amide bonds. The van der Waals surface area contributed by atoms with Crippen LogP contribution < -0.4 is 15.0 Å². The number of amides is 3. The number of ether oxygens (including phenoxy) is 1. The number of Topliss-reactive ketones (excluding diaryl/α,β-unsaturated/α-hetero) is 1. The van der Waals surface area contributed by atoms with Gasteiger partial charge in [-0.2, -0.15) is 0 Å². The van der Waals surface area contributed by atoms with Crippen molar-refractivity contribution in [1.82, 2.24) is 15.1 Å². The number of ketones is 1. The lowest BCUT2D eigenvalue weighted by Crippen LogP contribution is -2.52. The summed E-state index contributed by atoms with van der Waals surface area (Å²) in [5.41, 5.74) is 1.84. The molecule has 2 aliphatic heterocycles. The molecule has 1 N–H and O–H groups in total. The summed E-state index contributed by atoms with van der Waals surface area (Å²) in [6.45, 7) is 3.93. The minimum absolute atomic E-state index is 0.122. The molecule has 0 saturated carbocycles. The third-order valence-corrected chi connectivity index (χ3v) is 6.43. The molecule has 0 radical (unpaired) electrons. The molecule has 9 nitrogen and oxygen atoms in total. The summed E-state index contributed by atoms with van der Waals surface area (Å²) in [7, 11) is 3.83. The summed E-state index contributed by atoms with van der Waals surface area (Å²) >= 11 is 0. The molecule has 0 spiro atoms. The highest BCUT2D eigenvalue weighted by atomic mass is 16.6. The van der Waals surface area contributed by atoms with E-state index >= 15 is 0 Å². The molecule has 2 atom stereocenters. The molecule has 1 fully saturated rings. The monoisotopic (exact) mass is 504 g/mol. The molecule has 1 saturated heterocycles. The number of benzene rings is 2. The third kappa shape index (κ3) is 5.66. The van der Waals surface area contributed by atoms with Gasteiger partial charge in [-0.05, 0) is 54.8 Å². The zero-order valence-electron chi connectivity index (χ0n) is 21.5. The van der Waals surface area contributed by atoms with E-state index in [-0.39, 0.29) is 36.6 Å². The van der Waals surface area contributed by atoms with Gasteiger partial charge < -0.3 is 19.9 Å². The number of rotatable bonds is 7. The van der Waals surface area contributed by atoms with Crippen LogP contribution in [0.15, 0.2) is 66.4 Å². The molecule has 2 unspecified atom stereocenters. The Morgan fingerprint density at radius 1 is 1.05 bits per heavy atom. The van der Waals surface area contributed by atoms with Crippen molar-refractivity contribution in [3.05, 3.63) is 71.9 Å². The first-order chi connectivity index (χ1) is 17.7. The van der Waals surface area contributed by atoms with Gasteiger partial charge >= 0.3 is 6.09 Å². The molecule has 37 heavy (non-hydrogen) atoms. The molecule has 0 aliphatic carbocycles. The maximum atomic E-state index is 13.6. The average molecular weight is 505 g/mol. The molecule has 2 aliphatic rings. The van der Waals surface area contributed by atoms with Crippen LogP contribution in [0.4, 0.5) is 10.5 Å². The lowest BCUT2D eigenvalue weighted by atomic mass is 10.0. The van der Waals surface area contributed by atoms with Crippen molar-refractivity contribution in [1.29, 1.82) is 0 Å². The SMILES string of the molecule is CC(C)CC(NC(=O)c1ccc(N(C)C)cc1)C(=O)N1CC=C2C1C(=O)CN2C(=O)Oc1ccccc1. The van der Waals surface area contributed by atoms with Gasteiger partial charge in [0.15, 0.2) is 5.78 Å². The molecular weight excluding hydrogens is 472 g/mol. The fraction of sp³-hybridized carbons (Fsp3) is 0.357. The predicted molar refractivity (Wildman–Crippen MR) is 139 cm³/mol. The molecule has 2 heterocycles. The maximum Gasteiger partial charge on any atom is 0.419 e. The van der Waals surface area contributed by atoms with Gasteiger partial charge in [0, 0.05) is 31.9 Å². The van der Waals surface area contributed by atoms with Gasteiger partial charge in [-0.1, -0.05) is 32.0 Å². The lowest BCUT2D eigenvalue weighted by Gasteiger charge is -2.28. The maximum absolute atomic E-state index is 13.6. The van der Waals surface area contributed by atoms with E-state index in [1.54, 1.807) is 48.5 Å². The largest absolute Gasteiger partial charge is 0.419 e. The quantitative estimate of drug-likeness (QED) is 0.622. The smallest absolute Gasteiger partial charge is 0.410 e. The van der Waals surface area contributed by atoms with Crippen LogP contribution in [0.5, 0.6) is 5.75 Å². The Labute approximate surface area is 216 Å². The molecular formula is C28H32N4O5. The number of anilines is 1. The Kier molecular flexibility index (Phi) is 7.61. The van der Waals surface area contributed by atoms with Gasteiger partial charge in [0.1, 0.15) is 17.8 Å². The first-order valence-electron chi connectivity index (χ1n) is 12.3. The van der Waals surface area contributed by atoms with E-state index in [0.29, 0.717) is 23.4 Å². The van der Waals surface area contributed by atoms with Gasteiger partial charge in [0.25, 0.3) is 5.91 Å². The van der Waals surface area contributed by atoms with Gasteiger partial charge in [0.2, 0.25) is 5.91 Å². The number of nitrogens with zero attached hydrogens (tertiary/aromatic N) is 3. The van der Waals surface area contributed by atoms with E-state index in [2.05, 4.69) is 5.32 Å². The second kappa shape index (κ2) is 10.9. The highest BCUT2D eigenvalue weighted by molar-refractivity contribution is 6.02. The Hall–Kier alpha value is -4.14. The molecule has 2 aromatic rings. The van der Waals surface area contributed by atoms with Crippen LogP contribution in [-0.4, -0.2) is 72.8 Å². The van der Waals surface area contributed by atoms with E-state index < -0.39 is 18.2 Å². The second-order valence-electron chi connectivity index (χ2n) is 9.85. The Morgan fingerprint density at radius 3 is 2.35 bits per heavy atom. The predicted octanol–water partition coefficient (Wildman–Crippen LogP) is 3.08. The van der Waals surface area contributed by atoms with Gasteiger partial charge in [-0.25, -0.2) is 4.79 Å². The van der Waals surface area contributed by atoms with Crippen LogP contribution in [-0.2, 0) is 9.59 Å². The number of carbonyl (C=O) groups is 4. The van der Waals surface area contributed by atoms with Crippen LogP contribution >= 0.6 is 0 Å². The van der Waals surface area contributed by atoms with Crippen molar-refractivity contribution in [2.75, 3.05) is 32.1 Å². The Morgan fingerprint density at radius 2 is 1.73 bits per heavy atom. The Balaban J connectivity index is 1.47. The number of hydrogen-bond acceptors (Lipinski definition) is 6. The summed E-state index contributed by atoms with van der Waals surface area (Å²) in [5.74, 6) is -0.487. The summed E-state index contributed by atoms with van der Waals surface area (Å²) in [4.78, 5) is 57.0. The number of fused-ring (bicyclic) bond motifs is 1. The third-order valence-electron chi connectivity index (χ3n) is 6.43. The van der Waals surface area contributed by atoms with Crippen LogP contribution in [0.1, 0.15) is 30.6 Å². The topological polar surface area (TPSA) is 99.3 Å². The highest BCUT2D eigenvalue weighted by Gasteiger charge is 2.48. The first-order valence-corrected chi connectivity index (χ1v) is 12.3. The summed E-state index contributed by atoms with van der Waals surface area (Å²) in [6.07, 6.45) is 1.44. The van der Waals surface area contributed by atoms with Crippen molar-refractivity contribution in [3.63, 3.8) is 0 Å². The highest BCUT2D eigenvalue weighted by Crippen LogP contribution is 2.31. The standard InChI is InChI=1S/C28H32N4O5/c1-18(2)16-22(29-26(34)19-10-12-20(13-11-19)30(3)4)27(35)31-15-14-23-25(31)24(33)17-32(23)28(36)37-21-8-6-5-7-9-21/h5-14,18,22,25H,15-17H2,1-4H3,(H,29,34). The number of hydrogen-bond donors (Lipinski definition) is 1. The van der Waals surface area contributed by atoms with Gasteiger partial charge in [-0.3, -0.25) is 19.3 Å². The molecule has 0 bridgehead atoms. The zero-order chi connectivity index (χ0) is 26.7. The lowest BCUT2D eigenvalue weighted by molar-refractivity contribution is -0.137. The van der Waals surface area contributed by atoms with Gasteiger partial charge in [0.05, 0.1) is 12.2 Å². The second-order valence-corrected chi connectivity index (χ2v) is 9.85. The van der Waals surface area contributed by atoms with E-state index in [4.69, 9.17) is 4.74 Å². The van der Waals surface area contributed by atoms with Crippen LogP contribution in [0.25, 0.3) is 0 Å². The summed E-state index contributed by atoms with van der Waals surface area (Å²) in [5, 5.41) is 2.87. The molecule has 4 rings (SSSR count). The first kappa shape index (κ1) is 25.9. The van der Waals surface area contributed by atoms with Crippen molar-refractivity contribution in [2.45, 2.75) is 32.4 Å². The van der Waals surface area contributed by atoms with Crippen molar-refractivity contribution in [3.8, 4) is 5.75 Å². The van der Waals surface area contributed by atoms with Crippen LogP contribution in [0.2, 0.25) is 0 Å². The normalized spacial score (nSPS) is 17.4. The van der Waals surface area contributed by atoms with Gasteiger partial charge in [-0.15, -0.1) is 0 Å². The minimum Gasteiger partial charge on any atom is -0.410 e. The van der Waals surface area contributed by atoms with Crippen LogP contribution in [0.3, 0.4) is 0 Å². The number of nitrogens with one attached hydrogen (secondary N) is 1. The summed E-state index contributed by atoms with van der Waals surface area (Å²) in [6, 6.07) is 14.0. The fourth-order valence-corrected chi connectivity index (χ4v) is 4.58. The Bertz CT molecular complexity index is 1210. The van der Waals surface area contributed by atoms with Crippen molar-refractivity contribution < 1.29 is 23.9 Å². The number of carbonyl (C=O) groups excluding carboxylic acids is 4. The molecule has 0 aromatic heterocycles. The number of likely N-dealkylation sites (tertiary alicyclic amines) is 1. The number of para-hydroxylation sites is 1. The van der Waals surface area contributed by atoms with Crippen LogP contribution in [0, 0.1) is 5.92 Å². The molecule has 9 heteroatoms. The zero-order valence-corrected chi connectivity index (χ0v) is 21.5. The molecule has 2 aromatic carbocycles. The van der Waals surface area contributed by atoms with E-state index in [0.717, 1.165) is 5.69 Å². The average Bonchev–Trinajstić information content (AvgIpc) is 3.45. The van der Waals surface area contributed by atoms with E-state index in [1.807, 2.05) is 45.0 Å². The fourth-order valence-electron chi connectivity index (χ4n) is 4.58. The molecule has 194 valence electrons.